The van der Waals surface area contributed by atoms with E-state index in [4.69, 9.17) is 32.7 Å². The number of methoxy groups -OCH3 is 1. The molecule has 1 unspecified atom stereocenters. The summed E-state index contributed by atoms with van der Waals surface area (Å²) in [7, 11) is 1.49. The van der Waals surface area contributed by atoms with E-state index in [1.807, 2.05) is 6.07 Å². The van der Waals surface area contributed by atoms with Crippen molar-refractivity contribution in [3.8, 4) is 5.75 Å². The minimum absolute atomic E-state index is 0.0666. The topological polar surface area (TPSA) is 50.8 Å². The van der Waals surface area contributed by atoms with Crippen LogP contribution in [-0.2, 0) is 4.74 Å². The molecule has 0 aliphatic carbocycles. The van der Waals surface area contributed by atoms with E-state index < -0.39 is 0 Å². The van der Waals surface area contributed by atoms with Crippen LogP contribution in [0, 0.1) is 6.92 Å². The van der Waals surface area contributed by atoms with Crippen LogP contribution in [0.25, 0.3) is 0 Å². The zero-order valence-electron chi connectivity index (χ0n) is 16.0. The van der Waals surface area contributed by atoms with Crippen molar-refractivity contribution in [2.75, 3.05) is 40.0 Å². The fourth-order valence-electron chi connectivity index (χ4n) is 3.40. The summed E-state index contributed by atoms with van der Waals surface area (Å²) in [4.78, 5) is 15.1. The van der Waals surface area contributed by atoms with Crippen molar-refractivity contribution >= 4 is 29.1 Å². The van der Waals surface area contributed by atoms with Gasteiger partial charge in [-0.05, 0) is 24.6 Å². The van der Waals surface area contributed by atoms with Gasteiger partial charge in [0.05, 0.1) is 36.4 Å². The Kier molecular flexibility index (Phi) is 7.18. The minimum atomic E-state index is -0.225. The quantitative estimate of drug-likeness (QED) is 0.760. The summed E-state index contributed by atoms with van der Waals surface area (Å²) >= 11 is 12.3. The van der Waals surface area contributed by atoms with Gasteiger partial charge in [-0.3, -0.25) is 9.69 Å². The number of morpholine rings is 1. The SMILES string of the molecule is COc1c(Cl)cc(C(=O)NCC(c2cccc(C)c2)N2CCOCC2)cc1Cl. The molecule has 1 fully saturated rings. The summed E-state index contributed by atoms with van der Waals surface area (Å²) in [5.74, 6) is 0.142. The average molecular weight is 423 g/mol. The lowest BCUT2D eigenvalue weighted by molar-refractivity contribution is 0.0162. The Balaban J connectivity index is 1.77. The molecule has 0 radical (unpaired) electrons. The Morgan fingerprint density at radius 1 is 1.21 bits per heavy atom. The fraction of sp³-hybridized carbons (Fsp3) is 0.381. The Hall–Kier alpha value is -1.79. The molecule has 2 aromatic rings. The van der Waals surface area contributed by atoms with E-state index in [0.717, 1.165) is 13.1 Å². The summed E-state index contributed by atoms with van der Waals surface area (Å²) in [6.07, 6.45) is 0. The van der Waals surface area contributed by atoms with E-state index in [1.165, 1.54) is 18.2 Å². The van der Waals surface area contributed by atoms with Gasteiger partial charge in [0, 0.05) is 25.2 Å². The van der Waals surface area contributed by atoms with Crippen molar-refractivity contribution in [2.45, 2.75) is 13.0 Å². The summed E-state index contributed by atoms with van der Waals surface area (Å²) in [6, 6.07) is 11.6. The van der Waals surface area contributed by atoms with E-state index in [9.17, 15) is 4.79 Å². The monoisotopic (exact) mass is 422 g/mol. The van der Waals surface area contributed by atoms with E-state index in [2.05, 4.69) is 35.3 Å². The maximum absolute atomic E-state index is 12.7. The number of halogens is 2. The highest BCUT2D eigenvalue weighted by Crippen LogP contribution is 2.33. The van der Waals surface area contributed by atoms with Crippen molar-refractivity contribution in [1.82, 2.24) is 10.2 Å². The molecule has 1 saturated heterocycles. The molecule has 1 aliphatic heterocycles. The summed E-state index contributed by atoms with van der Waals surface area (Å²) in [5.41, 5.74) is 2.77. The molecular formula is C21H24Cl2N2O3. The molecule has 5 nitrogen and oxygen atoms in total. The van der Waals surface area contributed by atoms with Crippen molar-refractivity contribution in [1.29, 1.82) is 0 Å². The van der Waals surface area contributed by atoms with Crippen LogP contribution in [0.2, 0.25) is 10.0 Å². The number of aryl methyl sites for hydroxylation is 1. The van der Waals surface area contributed by atoms with E-state index >= 15 is 0 Å². The number of carbonyl (C=O) groups excluding carboxylic acids is 1. The standard InChI is InChI=1S/C21H24Cl2N2O3/c1-14-4-3-5-15(10-14)19(25-6-8-28-9-7-25)13-24-21(26)16-11-17(22)20(27-2)18(23)12-16/h3-5,10-12,19H,6-9,13H2,1-2H3,(H,24,26). The molecule has 0 aromatic heterocycles. The minimum Gasteiger partial charge on any atom is -0.494 e. The zero-order chi connectivity index (χ0) is 20.1. The summed E-state index contributed by atoms with van der Waals surface area (Å²) < 4.78 is 10.6. The van der Waals surface area contributed by atoms with Gasteiger partial charge in [0.2, 0.25) is 0 Å². The van der Waals surface area contributed by atoms with E-state index in [1.54, 1.807) is 12.1 Å². The Morgan fingerprint density at radius 2 is 1.89 bits per heavy atom. The van der Waals surface area contributed by atoms with Crippen LogP contribution in [0.5, 0.6) is 5.75 Å². The highest BCUT2D eigenvalue weighted by Gasteiger charge is 2.24. The van der Waals surface area contributed by atoms with Gasteiger partial charge in [-0.15, -0.1) is 0 Å². The average Bonchev–Trinajstić information content (AvgIpc) is 2.68. The second-order valence-electron chi connectivity index (χ2n) is 6.76. The van der Waals surface area contributed by atoms with Gasteiger partial charge in [0.15, 0.2) is 5.75 Å². The molecule has 0 spiro atoms. The number of carbonyl (C=O) groups is 1. The molecule has 0 saturated carbocycles. The maximum atomic E-state index is 12.7. The van der Waals surface area contributed by atoms with Gasteiger partial charge in [0.1, 0.15) is 0 Å². The first kappa shape index (κ1) is 20.9. The molecule has 7 heteroatoms. The third-order valence-electron chi connectivity index (χ3n) is 4.83. The second-order valence-corrected chi connectivity index (χ2v) is 7.58. The number of nitrogens with zero attached hydrogens (tertiary/aromatic N) is 1. The Bertz CT molecular complexity index is 815. The van der Waals surface area contributed by atoms with E-state index in [-0.39, 0.29) is 11.9 Å². The normalized spacial score (nSPS) is 15.9. The number of hydrogen-bond acceptors (Lipinski definition) is 4. The largest absolute Gasteiger partial charge is 0.494 e. The number of nitrogens with one attached hydrogen (secondary N) is 1. The van der Waals surface area contributed by atoms with Gasteiger partial charge >= 0.3 is 0 Å². The van der Waals surface area contributed by atoms with Gasteiger partial charge in [-0.2, -0.15) is 0 Å². The van der Waals surface area contributed by atoms with E-state index in [0.29, 0.717) is 41.1 Å². The zero-order valence-corrected chi connectivity index (χ0v) is 17.5. The highest BCUT2D eigenvalue weighted by atomic mass is 35.5. The molecule has 3 rings (SSSR count). The van der Waals surface area contributed by atoms with Crippen molar-refractivity contribution in [2.24, 2.45) is 0 Å². The lowest BCUT2D eigenvalue weighted by atomic mass is 10.0. The smallest absolute Gasteiger partial charge is 0.251 e. The third kappa shape index (κ3) is 4.97. The van der Waals surface area contributed by atoms with Crippen molar-refractivity contribution < 1.29 is 14.3 Å². The summed E-state index contributed by atoms with van der Waals surface area (Å²) in [6.45, 7) is 5.59. The first-order valence-corrected chi connectivity index (χ1v) is 9.94. The third-order valence-corrected chi connectivity index (χ3v) is 5.40. The van der Waals surface area contributed by atoms with Crippen LogP contribution in [0.15, 0.2) is 36.4 Å². The van der Waals surface area contributed by atoms with Crippen LogP contribution in [0.1, 0.15) is 27.5 Å². The molecule has 1 heterocycles. The van der Waals surface area contributed by atoms with Crippen molar-refractivity contribution in [3.05, 3.63) is 63.1 Å². The molecule has 0 bridgehead atoms. The molecule has 1 aliphatic rings. The number of hydrogen-bond donors (Lipinski definition) is 1. The molecule has 2 aromatic carbocycles. The van der Waals surface area contributed by atoms with Gasteiger partial charge in [0.25, 0.3) is 5.91 Å². The number of ether oxygens (including phenoxy) is 2. The van der Waals surface area contributed by atoms with Gasteiger partial charge in [-0.1, -0.05) is 53.0 Å². The van der Waals surface area contributed by atoms with Crippen LogP contribution in [0.3, 0.4) is 0 Å². The Labute approximate surface area is 175 Å². The molecule has 1 atom stereocenters. The molecule has 150 valence electrons. The maximum Gasteiger partial charge on any atom is 0.251 e. The molecule has 28 heavy (non-hydrogen) atoms. The lowest BCUT2D eigenvalue weighted by Gasteiger charge is -2.35. The number of rotatable bonds is 6. The lowest BCUT2D eigenvalue weighted by Crippen LogP contribution is -2.43. The summed E-state index contributed by atoms with van der Waals surface area (Å²) in [5, 5.41) is 3.64. The molecule has 1 amide bonds. The first-order chi connectivity index (χ1) is 13.5. The molecular weight excluding hydrogens is 399 g/mol. The first-order valence-electron chi connectivity index (χ1n) is 9.19. The highest BCUT2D eigenvalue weighted by molar-refractivity contribution is 6.37. The van der Waals surface area contributed by atoms with Crippen molar-refractivity contribution in [3.63, 3.8) is 0 Å². The number of benzene rings is 2. The van der Waals surface area contributed by atoms with Crippen LogP contribution < -0.4 is 10.1 Å². The Morgan fingerprint density at radius 3 is 2.50 bits per heavy atom. The predicted molar refractivity (Wildman–Crippen MR) is 112 cm³/mol. The van der Waals surface area contributed by atoms with Crippen LogP contribution in [-0.4, -0.2) is 50.8 Å². The van der Waals surface area contributed by atoms with Crippen LogP contribution in [0.4, 0.5) is 0 Å². The van der Waals surface area contributed by atoms with Crippen LogP contribution >= 0.6 is 23.2 Å². The fourth-order valence-corrected chi connectivity index (χ4v) is 4.04. The molecule has 1 N–H and O–H groups in total. The van der Waals surface area contributed by atoms with Gasteiger partial charge < -0.3 is 14.8 Å². The predicted octanol–water partition coefficient (Wildman–Crippen LogP) is 4.11. The second kappa shape index (κ2) is 9.61. The number of amides is 1. The van der Waals surface area contributed by atoms with Gasteiger partial charge in [-0.25, -0.2) is 0 Å².